The number of aromatic nitrogens is 2. The SMILES string of the molecule is CC1(C(=O)O)CCCN1c1nncc2ccccc12. The molecular formula is C14H15N3O2. The number of benzene rings is 1. The Bertz CT molecular complexity index is 638. The Labute approximate surface area is 110 Å². The first kappa shape index (κ1) is 11.9. The van der Waals surface area contributed by atoms with Crippen molar-refractivity contribution < 1.29 is 9.90 Å². The first-order chi connectivity index (χ1) is 9.13. The summed E-state index contributed by atoms with van der Waals surface area (Å²) in [6.45, 7) is 2.46. The van der Waals surface area contributed by atoms with Gasteiger partial charge in [-0.1, -0.05) is 24.3 Å². The van der Waals surface area contributed by atoms with Gasteiger partial charge in [0, 0.05) is 17.3 Å². The first-order valence-electron chi connectivity index (χ1n) is 6.34. The van der Waals surface area contributed by atoms with Gasteiger partial charge in [-0.05, 0) is 19.8 Å². The summed E-state index contributed by atoms with van der Waals surface area (Å²) in [6, 6.07) is 7.79. The average molecular weight is 257 g/mol. The van der Waals surface area contributed by atoms with Crippen molar-refractivity contribution in [3.63, 3.8) is 0 Å². The number of hydrogen-bond acceptors (Lipinski definition) is 4. The summed E-state index contributed by atoms with van der Waals surface area (Å²) in [6.07, 6.45) is 3.19. The van der Waals surface area contributed by atoms with E-state index in [0.29, 0.717) is 18.8 Å². The minimum atomic E-state index is -0.890. The van der Waals surface area contributed by atoms with Crippen LogP contribution in [0, 0.1) is 0 Å². The van der Waals surface area contributed by atoms with Crippen LogP contribution in [0.1, 0.15) is 19.8 Å². The van der Waals surface area contributed by atoms with E-state index in [1.807, 2.05) is 29.2 Å². The molecule has 98 valence electrons. The van der Waals surface area contributed by atoms with Crippen molar-refractivity contribution in [2.45, 2.75) is 25.3 Å². The summed E-state index contributed by atoms with van der Waals surface area (Å²) in [7, 11) is 0. The molecule has 0 aliphatic carbocycles. The Morgan fingerprint density at radius 2 is 2.21 bits per heavy atom. The van der Waals surface area contributed by atoms with Crippen molar-refractivity contribution in [3.05, 3.63) is 30.5 Å². The van der Waals surface area contributed by atoms with E-state index in [2.05, 4.69) is 10.2 Å². The number of carbonyl (C=O) groups is 1. The normalized spacial score (nSPS) is 22.9. The largest absolute Gasteiger partial charge is 0.480 e. The van der Waals surface area contributed by atoms with Gasteiger partial charge in [-0.3, -0.25) is 0 Å². The van der Waals surface area contributed by atoms with Gasteiger partial charge in [-0.2, -0.15) is 5.10 Å². The van der Waals surface area contributed by atoms with Gasteiger partial charge in [-0.25, -0.2) is 4.79 Å². The van der Waals surface area contributed by atoms with Crippen molar-refractivity contribution in [1.29, 1.82) is 0 Å². The summed E-state index contributed by atoms with van der Waals surface area (Å²) < 4.78 is 0. The molecule has 0 spiro atoms. The van der Waals surface area contributed by atoms with Crippen LogP contribution in [0.4, 0.5) is 5.82 Å². The molecule has 3 rings (SSSR count). The lowest BCUT2D eigenvalue weighted by Gasteiger charge is -2.32. The third-order valence-corrected chi connectivity index (χ3v) is 3.91. The minimum absolute atomic E-state index is 0.632. The monoisotopic (exact) mass is 257 g/mol. The van der Waals surface area contributed by atoms with Gasteiger partial charge in [0.1, 0.15) is 5.54 Å². The zero-order valence-corrected chi connectivity index (χ0v) is 10.7. The average Bonchev–Trinajstić information content (AvgIpc) is 2.81. The summed E-state index contributed by atoms with van der Waals surface area (Å²) in [5.74, 6) is -0.139. The molecular weight excluding hydrogens is 242 g/mol. The molecule has 0 radical (unpaired) electrons. The lowest BCUT2D eigenvalue weighted by molar-refractivity contribution is -0.142. The summed E-state index contributed by atoms with van der Waals surface area (Å²) in [4.78, 5) is 13.4. The van der Waals surface area contributed by atoms with E-state index in [9.17, 15) is 9.90 Å². The van der Waals surface area contributed by atoms with E-state index in [4.69, 9.17) is 0 Å². The lowest BCUT2D eigenvalue weighted by Crippen LogP contribution is -2.48. The second-order valence-corrected chi connectivity index (χ2v) is 5.09. The maximum Gasteiger partial charge on any atom is 0.329 e. The minimum Gasteiger partial charge on any atom is -0.480 e. The number of nitrogens with zero attached hydrogens (tertiary/aromatic N) is 3. The van der Waals surface area contributed by atoms with E-state index in [1.54, 1.807) is 13.1 Å². The van der Waals surface area contributed by atoms with Gasteiger partial charge in [0.05, 0.1) is 6.20 Å². The number of fused-ring (bicyclic) bond motifs is 1. The van der Waals surface area contributed by atoms with Crippen LogP contribution in [0.15, 0.2) is 30.5 Å². The lowest BCUT2D eigenvalue weighted by atomic mass is 9.99. The zero-order valence-electron chi connectivity index (χ0n) is 10.7. The van der Waals surface area contributed by atoms with Crippen LogP contribution in [0.5, 0.6) is 0 Å². The molecule has 1 aliphatic rings. The molecule has 5 nitrogen and oxygen atoms in total. The van der Waals surface area contributed by atoms with Crippen LogP contribution < -0.4 is 4.90 Å². The van der Waals surface area contributed by atoms with Crippen LogP contribution in [0.2, 0.25) is 0 Å². The van der Waals surface area contributed by atoms with E-state index < -0.39 is 11.5 Å². The Morgan fingerprint density at radius 1 is 1.42 bits per heavy atom. The molecule has 19 heavy (non-hydrogen) atoms. The van der Waals surface area contributed by atoms with Crippen molar-refractivity contribution in [3.8, 4) is 0 Å². The number of rotatable bonds is 2. The molecule has 2 aromatic rings. The molecule has 1 fully saturated rings. The van der Waals surface area contributed by atoms with Crippen molar-refractivity contribution in [1.82, 2.24) is 10.2 Å². The maximum absolute atomic E-state index is 11.6. The van der Waals surface area contributed by atoms with E-state index in [-0.39, 0.29) is 0 Å². The summed E-state index contributed by atoms with van der Waals surface area (Å²) >= 11 is 0. The molecule has 1 N–H and O–H groups in total. The van der Waals surface area contributed by atoms with E-state index in [0.717, 1.165) is 17.2 Å². The second kappa shape index (κ2) is 4.19. The highest BCUT2D eigenvalue weighted by atomic mass is 16.4. The van der Waals surface area contributed by atoms with Crippen molar-refractivity contribution >= 4 is 22.6 Å². The van der Waals surface area contributed by atoms with Crippen LogP contribution in [0.25, 0.3) is 10.8 Å². The Morgan fingerprint density at radius 3 is 3.00 bits per heavy atom. The molecule has 1 unspecified atom stereocenters. The smallest absolute Gasteiger partial charge is 0.329 e. The zero-order chi connectivity index (χ0) is 13.5. The highest BCUT2D eigenvalue weighted by Crippen LogP contribution is 2.36. The van der Waals surface area contributed by atoms with Gasteiger partial charge in [0.25, 0.3) is 0 Å². The fourth-order valence-electron chi connectivity index (χ4n) is 2.74. The standard InChI is InChI=1S/C14H15N3O2/c1-14(13(18)19)7-4-8-17(14)12-11-6-3-2-5-10(11)9-15-16-12/h2-3,5-6,9H,4,7-8H2,1H3,(H,18,19). The first-order valence-corrected chi connectivity index (χ1v) is 6.34. The number of carboxylic acids is 1. The Hall–Kier alpha value is -2.17. The van der Waals surface area contributed by atoms with Crippen molar-refractivity contribution in [2.75, 3.05) is 11.4 Å². The molecule has 2 heterocycles. The predicted molar refractivity (Wildman–Crippen MR) is 72.2 cm³/mol. The topological polar surface area (TPSA) is 66.3 Å². The van der Waals surface area contributed by atoms with Crippen molar-refractivity contribution in [2.24, 2.45) is 0 Å². The van der Waals surface area contributed by atoms with Gasteiger partial charge in [0.2, 0.25) is 0 Å². The molecule has 0 saturated carbocycles. The number of hydrogen-bond donors (Lipinski definition) is 1. The van der Waals surface area contributed by atoms with E-state index in [1.165, 1.54) is 0 Å². The summed E-state index contributed by atoms with van der Waals surface area (Å²) in [5, 5.41) is 19.6. The molecule has 1 aromatic carbocycles. The Kier molecular flexibility index (Phi) is 2.62. The fraction of sp³-hybridized carbons (Fsp3) is 0.357. The quantitative estimate of drug-likeness (QED) is 0.892. The predicted octanol–water partition coefficient (Wildman–Crippen LogP) is 2.07. The third-order valence-electron chi connectivity index (χ3n) is 3.91. The van der Waals surface area contributed by atoms with Gasteiger partial charge in [0.15, 0.2) is 5.82 Å². The number of carboxylic acid groups (broad SMARTS) is 1. The molecule has 1 aromatic heterocycles. The molecule has 0 amide bonds. The van der Waals surface area contributed by atoms with Crippen LogP contribution in [-0.2, 0) is 4.79 Å². The maximum atomic E-state index is 11.6. The van der Waals surface area contributed by atoms with Gasteiger partial charge in [-0.15, -0.1) is 5.10 Å². The number of anilines is 1. The molecule has 0 bridgehead atoms. The second-order valence-electron chi connectivity index (χ2n) is 5.09. The van der Waals surface area contributed by atoms with Gasteiger partial charge >= 0.3 is 5.97 Å². The fourth-order valence-corrected chi connectivity index (χ4v) is 2.74. The summed E-state index contributed by atoms with van der Waals surface area (Å²) in [5.41, 5.74) is -0.890. The number of aliphatic carboxylic acids is 1. The molecule has 1 atom stereocenters. The Balaban J connectivity index is 2.17. The molecule has 1 saturated heterocycles. The van der Waals surface area contributed by atoms with Crippen LogP contribution in [-0.4, -0.2) is 33.4 Å². The molecule has 1 aliphatic heterocycles. The highest BCUT2D eigenvalue weighted by molar-refractivity contribution is 5.94. The highest BCUT2D eigenvalue weighted by Gasteiger charge is 2.44. The van der Waals surface area contributed by atoms with Crippen LogP contribution >= 0.6 is 0 Å². The van der Waals surface area contributed by atoms with Gasteiger partial charge < -0.3 is 10.0 Å². The molecule has 5 heteroatoms. The van der Waals surface area contributed by atoms with Crippen LogP contribution in [0.3, 0.4) is 0 Å². The third kappa shape index (κ3) is 1.73. The van der Waals surface area contributed by atoms with E-state index >= 15 is 0 Å².